The smallest absolute Gasteiger partial charge is 0.222 e. The predicted molar refractivity (Wildman–Crippen MR) is 61.1 cm³/mol. The molecule has 1 fully saturated rings. The molecule has 1 unspecified atom stereocenters. The molecule has 0 saturated carbocycles. The van der Waals surface area contributed by atoms with E-state index >= 15 is 0 Å². The van der Waals surface area contributed by atoms with E-state index in [1.165, 1.54) is 0 Å². The Bertz CT molecular complexity index is 391. The first-order valence-corrected chi connectivity index (χ1v) is 6.04. The van der Waals surface area contributed by atoms with E-state index in [0.717, 1.165) is 19.4 Å². The monoisotopic (exact) mass is 238 g/mol. The average Bonchev–Trinajstić information content (AvgIpc) is 2.86. The second-order valence-electron chi connectivity index (χ2n) is 4.34. The van der Waals surface area contributed by atoms with Gasteiger partial charge in [0.15, 0.2) is 0 Å². The summed E-state index contributed by atoms with van der Waals surface area (Å²) in [4.78, 5) is 13.5. The molecule has 1 saturated heterocycles. The number of rotatable bonds is 3. The van der Waals surface area contributed by atoms with Gasteiger partial charge in [0, 0.05) is 19.5 Å². The molecule has 6 nitrogen and oxygen atoms in total. The molecule has 1 aliphatic rings. The van der Waals surface area contributed by atoms with Crippen LogP contribution in [-0.4, -0.2) is 44.0 Å². The van der Waals surface area contributed by atoms with Crippen molar-refractivity contribution < 1.29 is 9.90 Å². The van der Waals surface area contributed by atoms with Crippen LogP contribution in [0.1, 0.15) is 37.9 Å². The number of carbonyl (C=O) groups excluding carboxylic acids is 1. The fourth-order valence-electron chi connectivity index (χ4n) is 2.19. The molecule has 1 aliphatic heterocycles. The molecule has 6 heteroatoms. The van der Waals surface area contributed by atoms with Gasteiger partial charge in [0.1, 0.15) is 5.69 Å². The van der Waals surface area contributed by atoms with E-state index in [1.54, 1.807) is 10.9 Å². The van der Waals surface area contributed by atoms with Crippen molar-refractivity contribution in [2.24, 2.45) is 0 Å². The third kappa shape index (κ3) is 2.63. The van der Waals surface area contributed by atoms with Crippen LogP contribution in [0.4, 0.5) is 0 Å². The van der Waals surface area contributed by atoms with Gasteiger partial charge in [-0.15, -0.1) is 5.10 Å². The highest BCUT2D eigenvalue weighted by atomic mass is 16.3. The summed E-state index contributed by atoms with van der Waals surface area (Å²) >= 11 is 0. The van der Waals surface area contributed by atoms with Crippen molar-refractivity contribution in [3.63, 3.8) is 0 Å². The zero-order valence-corrected chi connectivity index (χ0v) is 10.0. The number of likely N-dealkylation sites (tertiary alicyclic amines) is 1. The van der Waals surface area contributed by atoms with Gasteiger partial charge in [-0.05, 0) is 12.8 Å². The van der Waals surface area contributed by atoms with E-state index in [9.17, 15) is 4.79 Å². The lowest BCUT2D eigenvalue weighted by atomic mass is 10.1. The van der Waals surface area contributed by atoms with Gasteiger partial charge >= 0.3 is 0 Å². The topological polar surface area (TPSA) is 71.2 Å². The second kappa shape index (κ2) is 5.27. The molecule has 17 heavy (non-hydrogen) atoms. The van der Waals surface area contributed by atoms with Crippen LogP contribution in [0.25, 0.3) is 0 Å². The minimum atomic E-state index is -0.0929. The maximum absolute atomic E-state index is 11.6. The van der Waals surface area contributed by atoms with Crippen LogP contribution < -0.4 is 0 Å². The zero-order valence-electron chi connectivity index (χ0n) is 10.0. The molecule has 0 bridgehead atoms. The predicted octanol–water partition coefficient (Wildman–Crippen LogP) is 0.344. The van der Waals surface area contributed by atoms with Gasteiger partial charge in [-0.1, -0.05) is 12.1 Å². The lowest BCUT2D eigenvalue weighted by molar-refractivity contribution is -0.132. The molecule has 0 spiro atoms. The molecule has 1 aromatic heterocycles. The summed E-state index contributed by atoms with van der Waals surface area (Å²) in [7, 11) is 0. The number of piperidine rings is 1. The van der Waals surface area contributed by atoms with Crippen molar-refractivity contribution in [3.8, 4) is 0 Å². The SMILES string of the molecule is CCC(=O)N1CCCC(n2cc(CO)nn2)C1. The number of hydrogen-bond donors (Lipinski definition) is 1. The Balaban J connectivity index is 2.04. The largest absolute Gasteiger partial charge is 0.390 e. The Morgan fingerprint density at radius 2 is 2.47 bits per heavy atom. The van der Waals surface area contributed by atoms with Crippen molar-refractivity contribution in [2.75, 3.05) is 13.1 Å². The van der Waals surface area contributed by atoms with Crippen molar-refractivity contribution in [2.45, 2.75) is 38.8 Å². The normalized spacial score (nSPS) is 20.6. The van der Waals surface area contributed by atoms with E-state index in [4.69, 9.17) is 5.11 Å². The third-order valence-electron chi connectivity index (χ3n) is 3.15. The Morgan fingerprint density at radius 1 is 1.65 bits per heavy atom. The Hall–Kier alpha value is -1.43. The molecular formula is C11H18N4O2. The lowest BCUT2D eigenvalue weighted by Gasteiger charge is -2.32. The molecule has 0 aromatic carbocycles. The summed E-state index contributed by atoms with van der Waals surface area (Å²) in [6, 6.07) is 0.187. The van der Waals surface area contributed by atoms with Crippen LogP contribution in [0.15, 0.2) is 6.20 Å². The first kappa shape index (κ1) is 12.0. The Kier molecular flexibility index (Phi) is 3.73. The first-order valence-electron chi connectivity index (χ1n) is 6.04. The lowest BCUT2D eigenvalue weighted by Crippen LogP contribution is -2.40. The molecule has 0 radical (unpaired) electrons. The summed E-state index contributed by atoms with van der Waals surface area (Å²) in [6.07, 6.45) is 4.29. The second-order valence-corrected chi connectivity index (χ2v) is 4.34. The average molecular weight is 238 g/mol. The van der Waals surface area contributed by atoms with Crippen LogP contribution in [0.2, 0.25) is 0 Å². The highest BCUT2D eigenvalue weighted by Crippen LogP contribution is 2.21. The van der Waals surface area contributed by atoms with Gasteiger partial charge in [-0.2, -0.15) is 0 Å². The number of aromatic nitrogens is 3. The van der Waals surface area contributed by atoms with Crippen LogP contribution in [0.5, 0.6) is 0 Å². The van der Waals surface area contributed by atoms with Crippen molar-refractivity contribution >= 4 is 5.91 Å². The number of amides is 1. The van der Waals surface area contributed by atoms with Crippen LogP contribution in [0, 0.1) is 0 Å². The summed E-state index contributed by atoms with van der Waals surface area (Å²) in [5.41, 5.74) is 0.573. The number of hydrogen-bond acceptors (Lipinski definition) is 4. The molecule has 1 amide bonds. The van der Waals surface area contributed by atoms with Gasteiger partial charge in [-0.3, -0.25) is 4.79 Å². The zero-order chi connectivity index (χ0) is 12.3. The molecular weight excluding hydrogens is 220 g/mol. The third-order valence-corrected chi connectivity index (χ3v) is 3.15. The molecule has 94 valence electrons. The molecule has 2 rings (SSSR count). The Morgan fingerprint density at radius 3 is 3.12 bits per heavy atom. The van der Waals surface area contributed by atoms with Gasteiger partial charge in [0.25, 0.3) is 0 Å². The Labute approximate surface area is 100 Å². The van der Waals surface area contributed by atoms with E-state index in [0.29, 0.717) is 18.7 Å². The molecule has 1 N–H and O–H groups in total. The van der Waals surface area contributed by atoms with E-state index in [1.807, 2.05) is 11.8 Å². The summed E-state index contributed by atoms with van der Waals surface area (Å²) in [5.74, 6) is 0.192. The number of carbonyl (C=O) groups is 1. The first-order chi connectivity index (χ1) is 8.24. The molecule has 2 heterocycles. The van der Waals surface area contributed by atoms with Gasteiger partial charge in [0.2, 0.25) is 5.91 Å². The standard InChI is InChI=1S/C11H18N4O2/c1-2-11(17)14-5-3-4-10(7-14)15-6-9(8-16)12-13-15/h6,10,16H,2-5,7-8H2,1H3. The van der Waals surface area contributed by atoms with E-state index in [-0.39, 0.29) is 18.6 Å². The molecule has 0 aliphatic carbocycles. The quantitative estimate of drug-likeness (QED) is 0.824. The van der Waals surface area contributed by atoms with Gasteiger partial charge < -0.3 is 10.0 Å². The van der Waals surface area contributed by atoms with Crippen LogP contribution >= 0.6 is 0 Å². The summed E-state index contributed by atoms with van der Waals surface area (Å²) in [5, 5.41) is 16.8. The highest BCUT2D eigenvalue weighted by Gasteiger charge is 2.24. The van der Waals surface area contributed by atoms with E-state index < -0.39 is 0 Å². The number of aliphatic hydroxyl groups excluding tert-OH is 1. The van der Waals surface area contributed by atoms with Crippen LogP contribution in [0.3, 0.4) is 0 Å². The van der Waals surface area contributed by atoms with Gasteiger partial charge in [0.05, 0.1) is 18.8 Å². The van der Waals surface area contributed by atoms with Crippen LogP contribution in [-0.2, 0) is 11.4 Å². The summed E-state index contributed by atoms with van der Waals surface area (Å²) < 4.78 is 1.76. The van der Waals surface area contributed by atoms with E-state index in [2.05, 4.69) is 10.3 Å². The summed E-state index contributed by atoms with van der Waals surface area (Å²) in [6.45, 7) is 3.32. The van der Waals surface area contributed by atoms with Gasteiger partial charge in [-0.25, -0.2) is 4.68 Å². The van der Waals surface area contributed by atoms with Crippen molar-refractivity contribution in [1.29, 1.82) is 0 Å². The fourth-order valence-corrected chi connectivity index (χ4v) is 2.19. The van der Waals surface area contributed by atoms with Crippen molar-refractivity contribution in [1.82, 2.24) is 19.9 Å². The number of nitrogens with zero attached hydrogens (tertiary/aromatic N) is 4. The minimum Gasteiger partial charge on any atom is -0.390 e. The maximum Gasteiger partial charge on any atom is 0.222 e. The number of aliphatic hydroxyl groups is 1. The maximum atomic E-state index is 11.6. The fraction of sp³-hybridized carbons (Fsp3) is 0.727. The highest BCUT2D eigenvalue weighted by molar-refractivity contribution is 5.75. The molecule has 1 atom stereocenters. The van der Waals surface area contributed by atoms with Crippen molar-refractivity contribution in [3.05, 3.63) is 11.9 Å². The minimum absolute atomic E-state index is 0.0929. The molecule has 1 aromatic rings.